The predicted molar refractivity (Wildman–Crippen MR) is 49.6 cm³/mol. The molecule has 64 valence electrons. The fourth-order valence-electron chi connectivity index (χ4n) is 1.79. The van der Waals surface area contributed by atoms with Crippen molar-refractivity contribution in [2.45, 2.75) is 27.2 Å². The summed E-state index contributed by atoms with van der Waals surface area (Å²) in [6, 6.07) is 0. The van der Waals surface area contributed by atoms with Crippen molar-refractivity contribution < 1.29 is 0 Å². The molecule has 1 aliphatic rings. The maximum atomic E-state index is 3.46. The third-order valence-corrected chi connectivity index (χ3v) is 2.20. The Morgan fingerprint density at radius 2 is 2.09 bits per heavy atom. The van der Waals surface area contributed by atoms with E-state index in [4.69, 9.17) is 0 Å². The van der Waals surface area contributed by atoms with Crippen LogP contribution in [0.5, 0.6) is 0 Å². The van der Waals surface area contributed by atoms with Gasteiger partial charge >= 0.3 is 0 Å². The molecule has 1 aliphatic heterocycles. The first-order valence-electron chi connectivity index (χ1n) is 4.56. The van der Waals surface area contributed by atoms with Gasteiger partial charge in [-0.15, -0.1) is 0 Å². The molecule has 0 bridgehead atoms. The lowest BCUT2D eigenvalue weighted by molar-refractivity contribution is 0.469. The van der Waals surface area contributed by atoms with Gasteiger partial charge in [-0.3, -0.25) is 0 Å². The molecule has 0 aromatic rings. The molecule has 0 spiro atoms. The summed E-state index contributed by atoms with van der Waals surface area (Å²) < 4.78 is 0. The fraction of sp³-hybridized carbons (Fsp3) is 0.800. The van der Waals surface area contributed by atoms with Crippen LogP contribution in [-0.2, 0) is 0 Å². The highest BCUT2D eigenvalue weighted by Gasteiger charge is 2.08. The summed E-state index contributed by atoms with van der Waals surface area (Å²) in [6.45, 7) is 9.14. The molecule has 1 heteroatoms. The van der Waals surface area contributed by atoms with Crippen molar-refractivity contribution in [2.24, 2.45) is 11.8 Å². The Hall–Kier alpha value is -0.300. The highest BCUT2D eigenvalue weighted by molar-refractivity contribution is 5.03. The predicted octanol–water partition coefficient (Wildman–Crippen LogP) is 2.20. The van der Waals surface area contributed by atoms with Crippen LogP contribution in [0.1, 0.15) is 27.2 Å². The van der Waals surface area contributed by atoms with Crippen LogP contribution in [0.15, 0.2) is 11.6 Å². The molecule has 0 amide bonds. The van der Waals surface area contributed by atoms with Crippen LogP contribution in [0, 0.1) is 11.8 Å². The number of allylic oxidation sites excluding steroid dienone is 1. The second-order valence-electron chi connectivity index (χ2n) is 3.96. The Balaban J connectivity index is 2.54. The zero-order chi connectivity index (χ0) is 8.27. The van der Waals surface area contributed by atoms with E-state index in [-0.39, 0.29) is 0 Å². The average Bonchev–Trinajstić information content (AvgIpc) is 1.83. The van der Waals surface area contributed by atoms with Crippen LogP contribution in [-0.4, -0.2) is 13.1 Å². The lowest BCUT2D eigenvalue weighted by Crippen LogP contribution is -2.27. The first-order valence-corrected chi connectivity index (χ1v) is 4.56. The van der Waals surface area contributed by atoms with Crippen LogP contribution >= 0.6 is 0 Å². The van der Waals surface area contributed by atoms with Crippen LogP contribution < -0.4 is 5.32 Å². The largest absolute Gasteiger partial charge is 0.316 e. The summed E-state index contributed by atoms with van der Waals surface area (Å²) in [6.07, 6.45) is 3.65. The summed E-state index contributed by atoms with van der Waals surface area (Å²) in [5.74, 6) is 1.52. The number of hydrogen-bond acceptors (Lipinski definition) is 1. The molecule has 1 heterocycles. The topological polar surface area (TPSA) is 12.0 Å². The molecular weight excluding hydrogens is 134 g/mol. The van der Waals surface area contributed by atoms with Gasteiger partial charge in [0.1, 0.15) is 0 Å². The molecule has 1 rings (SSSR count). The van der Waals surface area contributed by atoms with Gasteiger partial charge in [0.2, 0.25) is 0 Å². The highest BCUT2D eigenvalue weighted by Crippen LogP contribution is 2.14. The molecule has 1 nitrogen and oxygen atoms in total. The van der Waals surface area contributed by atoms with E-state index in [2.05, 4.69) is 32.2 Å². The normalized spacial score (nSPS) is 38.6. The highest BCUT2D eigenvalue weighted by atomic mass is 14.9. The van der Waals surface area contributed by atoms with E-state index in [0.717, 1.165) is 12.5 Å². The maximum Gasteiger partial charge on any atom is 0.00117 e. The van der Waals surface area contributed by atoms with E-state index in [9.17, 15) is 0 Å². The lowest BCUT2D eigenvalue weighted by atomic mass is 9.96. The number of hydrogen-bond donors (Lipinski definition) is 1. The van der Waals surface area contributed by atoms with Crippen molar-refractivity contribution in [3.8, 4) is 0 Å². The van der Waals surface area contributed by atoms with E-state index in [1.165, 1.54) is 13.0 Å². The zero-order valence-electron chi connectivity index (χ0n) is 7.85. The molecule has 0 aromatic heterocycles. The first-order chi connectivity index (χ1) is 5.18. The molecule has 0 fully saturated rings. The molecule has 0 unspecified atom stereocenters. The lowest BCUT2D eigenvalue weighted by Gasteiger charge is -2.19. The van der Waals surface area contributed by atoms with E-state index in [0.29, 0.717) is 5.92 Å². The summed E-state index contributed by atoms with van der Waals surface area (Å²) >= 11 is 0. The van der Waals surface area contributed by atoms with Gasteiger partial charge in [0.15, 0.2) is 0 Å². The minimum atomic E-state index is 0.711. The summed E-state index contributed by atoms with van der Waals surface area (Å²) in [4.78, 5) is 0. The number of rotatable bonds is 0. The van der Waals surface area contributed by atoms with Gasteiger partial charge in [0, 0.05) is 6.54 Å². The summed E-state index contributed by atoms with van der Waals surface area (Å²) in [7, 11) is 0. The van der Waals surface area contributed by atoms with Crippen molar-refractivity contribution >= 4 is 0 Å². The molecular formula is C10H19N. The van der Waals surface area contributed by atoms with Gasteiger partial charge in [-0.25, -0.2) is 0 Å². The fourth-order valence-corrected chi connectivity index (χ4v) is 1.79. The third-order valence-electron chi connectivity index (χ3n) is 2.20. The standard InChI is InChI=1S/C10H19N/c1-8-4-9(2)6-11-7-10(3)5-8/h4,9-11H,5-7H2,1-3H3/b8-4+/t9-,10-/m1/s1. The molecule has 0 saturated carbocycles. The molecule has 0 radical (unpaired) electrons. The van der Waals surface area contributed by atoms with E-state index < -0.39 is 0 Å². The minimum absolute atomic E-state index is 0.711. The van der Waals surface area contributed by atoms with Gasteiger partial charge in [-0.2, -0.15) is 0 Å². The Morgan fingerprint density at radius 3 is 2.82 bits per heavy atom. The number of nitrogens with one attached hydrogen (secondary N) is 1. The Kier molecular flexibility index (Phi) is 3.13. The molecule has 11 heavy (non-hydrogen) atoms. The summed E-state index contributed by atoms with van der Waals surface area (Å²) in [5.41, 5.74) is 1.56. The third kappa shape index (κ3) is 3.06. The van der Waals surface area contributed by atoms with Crippen LogP contribution in [0.2, 0.25) is 0 Å². The van der Waals surface area contributed by atoms with Crippen molar-refractivity contribution in [3.05, 3.63) is 11.6 Å². The van der Waals surface area contributed by atoms with Gasteiger partial charge in [-0.05, 0) is 31.7 Å². The van der Waals surface area contributed by atoms with Crippen LogP contribution in [0.25, 0.3) is 0 Å². The van der Waals surface area contributed by atoms with E-state index in [1.54, 1.807) is 5.57 Å². The quantitative estimate of drug-likeness (QED) is 0.526. The van der Waals surface area contributed by atoms with Gasteiger partial charge in [0.05, 0.1) is 0 Å². The molecule has 0 aliphatic carbocycles. The van der Waals surface area contributed by atoms with Gasteiger partial charge in [0.25, 0.3) is 0 Å². The Labute approximate surface area is 69.9 Å². The SMILES string of the molecule is C/C1=C\[C@@H](C)CNC[C@H](C)C1. The minimum Gasteiger partial charge on any atom is -0.316 e. The molecule has 1 N–H and O–H groups in total. The van der Waals surface area contributed by atoms with Crippen LogP contribution in [0.3, 0.4) is 0 Å². The molecule has 0 aromatic carbocycles. The van der Waals surface area contributed by atoms with Crippen molar-refractivity contribution in [3.63, 3.8) is 0 Å². The van der Waals surface area contributed by atoms with Crippen molar-refractivity contribution in [1.29, 1.82) is 0 Å². The first kappa shape index (κ1) is 8.79. The zero-order valence-corrected chi connectivity index (χ0v) is 7.85. The second-order valence-corrected chi connectivity index (χ2v) is 3.96. The van der Waals surface area contributed by atoms with Crippen molar-refractivity contribution in [2.75, 3.05) is 13.1 Å². The molecule has 0 saturated heterocycles. The smallest absolute Gasteiger partial charge is 0.00117 e. The van der Waals surface area contributed by atoms with Crippen molar-refractivity contribution in [1.82, 2.24) is 5.32 Å². The molecule has 2 atom stereocenters. The van der Waals surface area contributed by atoms with Gasteiger partial charge in [-0.1, -0.05) is 25.5 Å². The van der Waals surface area contributed by atoms with E-state index in [1.807, 2.05) is 0 Å². The summed E-state index contributed by atoms with van der Waals surface area (Å²) in [5, 5.41) is 3.46. The van der Waals surface area contributed by atoms with E-state index >= 15 is 0 Å². The average molecular weight is 153 g/mol. The Morgan fingerprint density at radius 1 is 1.36 bits per heavy atom. The second kappa shape index (κ2) is 3.91. The maximum absolute atomic E-state index is 3.46. The Bertz CT molecular complexity index is 149. The monoisotopic (exact) mass is 153 g/mol. The van der Waals surface area contributed by atoms with Crippen LogP contribution in [0.4, 0.5) is 0 Å². The van der Waals surface area contributed by atoms with Gasteiger partial charge < -0.3 is 5.32 Å².